The summed E-state index contributed by atoms with van der Waals surface area (Å²) in [7, 11) is -3.76. The number of nitrogens with zero attached hydrogens (tertiary/aromatic N) is 3. The number of nitrogens with one attached hydrogen (secondary N) is 1. The number of sulfonamides is 1. The second-order valence-electron chi connectivity index (χ2n) is 5.86. The highest BCUT2D eigenvalue weighted by Gasteiger charge is 2.20. The summed E-state index contributed by atoms with van der Waals surface area (Å²) in [5.74, 6) is 0.420. The number of hydrogen-bond acceptors (Lipinski definition) is 5. The Kier molecular flexibility index (Phi) is 4.39. The predicted octanol–water partition coefficient (Wildman–Crippen LogP) is 2.99. The second kappa shape index (κ2) is 6.48. The Labute approximate surface area is 140 Å². The average Bonchev–Trinajstić information content (AvgIpc) is 3.18. The van der Waals surface area contributed by atoms with E-state index >= 15 is 0 Å². The zero-order valence-electron chi connectivity index (χ0n) is 13.4. The van der Waals surface area contributed by atoms with Gasteiger partial charge in [0, 0.05) is 23.9 Å². The molecule has 1 N–H and O–H groups in total. The molecule has 2 heterocycles. The van der Waals surface area contributed by atoms with E-state index in [1.807, 2.05) is 0 Å². The Bertz CT molecular complexity index is 914. The van der Waals surface area contributed by atoms with Crippen LogP contribution in [0.2, 0.25) is 0 Å². The fraction of sp³-hybridized carbons (Fsp3) is 0.250. The fourth-order valence-electron chi connectivity index (χ4n) is 2.38. The SMILES string of the molecule is CC(C)Cn1cc(NS(=O)(=O)c2ccccc2-c2cnoc2)cn1. The summed E-state index contributed by atoms with van der Waals surface area (Å²) in [6, 6.07) is 6.70. The first-order valence-corrected chi connectivity index (χ1v) is 8.98. The number of rotatable bonds is 6. The molecule has 7 nitrogen and oxygen atoms in total. The van der Waals surface area contributed by atoms with Gasteiger partial charge in [0.2, 0.25) is 0 Å². The molecule has 3 rings (SSSR count). The van der Waals surface area contributed by atoms with E-state index in [1.165, 1.54) is 18.7 Å². The Morgan fingerprint density at radius 3 is 2.75 bits per heavy atom. The van der Waals surface area contributed by atoms with Gasteiger partial charge in [-0.15, -0.1) is 0 Å². The van der Waals surface area contributed by atoms with Crippen LogP contribution < -0.4 is 4.72 Å². The van der Waals surface area contributed by atoms with E-state index in [0.717, 1.165) is 6.54 Å². The molecule has 0 radical (unpaired) electrons. The molecule has 0 amide bonds. The second-order valence-corrected chi connectivity index (χ2v) is 7.51. The summed E-state index contributed by atoms with van der Waals surface area (Å²) in [6.45, 7) is 4.86. The minimum atomic E-state index is -3.76. The molecule has 0 bridgehead atoms. The summed E-state index contributed by atoms with van der Waals surface area (Å²) in [5.41, 5.74) is 1.56. The van der Waals surface area contributed by atoms with Gasteiger partial charge in [-0.05, 0) is 12.0 Å². The molecule has 0 saturated carbocycles. The molecule has 1 aromatic carbocycles. The summed E-state index contributed by atoms with van der Waals surface area (Å²) < 4.78 is 34.6. The van der Waals surface area contributed by atoms with Crippen LogP contribution in [0.25, 0.3) is 11.1 Å². The summed E-state index contributed by atoms with van der Waals surface area (Å²) in [5, 5.41) is 7.80. The third-order valence-corrected chi connectivity index (χ3v) is 4.80. The van der Waals surface area contributed by atoms with E-state index < -0.39 is 10.0 Å². The number of anilines is 1. The van der Waals surface area contributed by atoms with Crippen molar-refractivity contribution in [2.24, 2.45) is 5.92 Å². The molecule has 8 heteroatoms. The highest BCUT2D eigenvalue weighted by atomic mass is 32.2. The molecule has 0 aliphatic carbocycles. The Morgan fingerprint density at radius 2 is 2.04 bits per heavy atom. The van der Waals surface area contributed by atoms with Gasteiger partial charge < -0.3 is 4.52 Å². The first-order chi connectivity index (χ1) is 11.5. The third kappa shape index (κ3) is 3.48. The fourth-order valence-corrected chi connectivity index (χ4v) is 3.64. The molecule has 3 aromatic rings. The van der Waals surface area contributed by atoms with E-state index in [1.54, 1.807) is 35.1 Å². The molecule has 0 atom stereocenters. The van der Waals surface area contributed by atoms with Crippen LogP contribution in [-0.2, 0) is 16.6 Å². The van der Waals surface area contributed by atoms with Crippen LogP contribution in [-0.4, -0.2) is 23.4 Å². The van der Waals surface area contributed by atoms with E-state index in [0.29, 0.717) is 22.7 Å². The normalized spacial score (nSPS) is 11.8. The lowest BCUT2D eigenvalue weighted by Gasteiger charge is -2.10. The molecule has 2 aromatic heterocycles. The van der Waals surface area contributed by atoms with Crippen LogP contribution in [0.3, 0.4) is 0 Å². The largest absolute Gasteiger partial charge is 0.364 e. The highest BCUT2D eigenvalue weighted by Crippen LogP contribution is 2.28. The predicted molar refractivity (Wildman–Crippen MR) is 89.8 cm³/mol. The van der Waals surface area contributed by atoms with Gasteiger partial charge in [0.1, 0.15) is 6.26 Å². The molecule has 0 saturated heterocycles. The van der Waals surface area contributed by atoms with E-state index in [4.69, 9.17) is 4.52 Å². The zero-order chi connectivity index (χ0) is 17.2. The lowest BCUT2D eigenvalue weighted by Crippen LogP contribution is -2.13. The van der Waals surface area contributed by atoms with Crippen LogP contribution in [0.5, 0.6) is 0 Å². The molecule has 0 spiro atoms. The minimum absolute atomic E-state index is 0.157. The molecule has 0 unspecified atom stereocenters. The van der Waals surface area contributed by atoms with Crippen molar-refractivity contribution in [2.45, 2.75) is 25.3 Å². The maximum absolute atomic E-state index is 12.7. The summed E-state index contributed by atoms with van der Waals surface area (Å²) in [4.78, 5) is 0.157. The summed E-state index contributed by atoms with van der Waals surface area (Å²) >= 11 is 0. The standard InChI is InChI=1S/C16H18N4O3S/c1-12(2)9-20-10-14(8-17-20)19-24(21,22)16-6-4-3-5-15(16)13-7-18-23-11-13/h3-8,10-12,19H,9H2,1-2H3. The first-order valence-electron chi connectivity index (χ1n) is 7.50. The molecule has 126 valence electrons. The van der Waals surface area contributed by atoms with Crippen molar-refractivity contribution >= 4 is 15.7 Å². The van der Waals surface area contributed by atoms with Gasteiger partial charge >= 0.3 is 0 Å². The van der Waals surface area contributed by atoms with Crippen molar-refractivity contribution in [3.8, 4) is 11.1 Å². The van der Waals surface area contributed by atoms with Crippen LogP contribution in [0.1, 0.15) is 13.8 Å². The smallest absolute Gasteiger partial charge is 0.262 e. The molecule has 24 heavy (non-hydrogen) atoms. The van der Waals surface area contributed by atoms with Crippen molar-refractivity contribution in [1.82, 2.24) is 14.9 Å². The molecular weight excluding hydrogens is 328 g/mol. The molecule has 0 aliphatic rings. The van der Waals surface area contributed by atoms with E-state index in [2.05, 4.69) is 28.8 Å². The quantitative estimate of drug-likeness (QED) is 0.741. The van der Waals surface area contributed by atoms with Crippen LogP contribution in [0.4, 0.5) is 5.69 Å². The van der Waals surface area contributed by atoms with Crippen LogP contribution in [0, 0.1) is 5.92 Å². The van der Waals surface area contributed by atoms with Crippen molar-refractivity contribution in [1.29, 1.82) is 0 Å². The Balaban J connectivity index is 1.90. The van der Waals surface area contributed by atoms with Gasteiger partial charge in [-0.1, -0.05) is 37.2 Å². The lowest BCUT2D eigenvalue weighted by molar-refractivity contribution is 0.420. The van der Waals surface area contributed by atoms with Crippen molar-refractivity contribution in [2.75, 3.05) is 4.72 Å². The summed E-state index contributed by atoms with van der Waals surface area (Å²) in [6.07, 6.45) is 6.07. The van der Waals surface area contributed by atoms with Gasteiger partial charge in [0.15, 0.2) is 0 Å². The van der Waals surface area contributed by atoms with Gasteiger partial charge in [-0.2, -0.15) is 5.10 Å². The van der Waals surface area contributed by atoms with Crippen LogP contribution in [0.15, 0.2) is 58.5 Å². The van der Waals surface area contributed by atoms with Gasteiger partial charge in [-0.3, -0.25) is 9.40 Å². The maximum Gasteiger partial charge on any atom is 0.262 e. The zero-order valence-corrected chi connectivity index (χ0v) is 14.2. The molecule has 0 fully saturated rings. The van der Waals surface area contributed by atoms with Crippen molar-refractivity contribution < 1.29 is 12.9 Å². The maximum atomic E-state index is 12.7. The average molecular weight is 346 g/mol. The lowest BCUT2D eigenvalue weighted by atomic mass is 10.1. The first kappa shape index (κ1) is 16.3. The van der Waals surface area contributed by atoms with E-state index in [9.17, 15) is 8.42 Å². The molecular formula is C16H18N4O3S. The Morgan fingerprint density at radius 1 is 1.25 bits per heavy atom. The minimum Gasteiger partial charge on any atom is -0.364 e. The highest BCUT2D eigenvalue weighted by molar-refractivity contribution is 7.92. The Hall–Kier alpha value is -2.61. The number of hydrogen-bond donors (Lipinski definition) is 1. The monoisotopic (exact) mass is 346 g/mol. The van der Waals surface area contributed by atoms with Crippen molar-refractivity contribution in [3.05, 3.63) is 49.1 Å². The van der Waals surface area contributed by atoms with Gasteiger partial charge in [-0.25, -0.2) is 8.42 Å². The topological polar surface area (TPSA) is 90.0 Å². The number of aromatic nitrogens is 3. The van der Waals surface area contributed by atoms with Gasteiger partial charge in [0.05, 0.1) is 23.0 Å². The van der Waals surface area contributed by atoms with Crippen LogP contribution >= 0.6 is 0 Å². The van der Waals surface area contributed by atoms with Crippen molar-refractivity contribution in [3.63, 3.8) is 0 Å². The third-order valence-electron chi connectivity index (χ3n) is 3.36. The number of benzene rings is 1. The molecule has 0 aliphatic heterocycles. The van der Waals surface area contributed by atoms with E-state index in [-0.39, 0.29) is 4.90 Å². The van der Waals surface area contributed by atoms with Gasteiger partial charge in [0.25, 0.3) is 10.0 Å².